The van der Waals surface area contributed by atoms with Crippen LogP contribution in [-0.2, 0) is 9.53 Å². The highest BCUT2D eigenvalue weighted by Crippen LogP contribution is 1.98. The second-order valence-electron chi connectivity index (χ2n) is 3.89. The normalized spacial score (nSPS) is 10.6. The quantitative estimate of drug-likeness (QED) is 0.610. The molecule has 0 spiro atoms. The molecule has 84 valence electrons. The molecule has 14 heavy (non-hydrogen) atoms. The molecule has 0 aromatic rings. The van der Waals surface area contributed by atoms with Crippen LogP contribution in [0.4, 0.5) is 0 Å². The highest BCUT2D eigenvalue weighted by atomic mass is 16.5. The summed E-state index contributed by atoms with van der Waals surface area (Å²) in [5.41, 5.74) is 0. The number of hydrogen-bond donors (Lipinski definition) is 1. The second-order valence-corrected chi connectivity index (χ2v) is 3.89. The first-order valence-corrected chi connectivity index (χ1v) is 5.51. The third kappa shape index (κ3) is 9.52. The van der Waals surface area contributed by atoms with Crippen LogP contribution in [0.1, 0.15) is 40.0 Å². The number of hydrogen-bond acceptors (Lipinski definition) is 2. The summed E-state index contributed by atoms with van der Waals surface area (Å²) in [6.45, 7) is 8.40. The van der Waals surface area contributed by atoms with Crippen molar-refractivity contribution in [3.8, 4) is 0 Å². The Kier molecular flexibility index (Phi) is 8.64. The maximum Gasteiger partial charge on any atom is 0.220 e. The predicted octanol–water partition coefficient (Wildman–Crippen LogP) is 1.97. The average Bonchev–Trinajstić information content (AvgIpc) is 2.11. The van der Waals surface area contributed by atoms with E-state index >= 15 is 0 Å². The highest BCUT2D eigenvalue weighted by Gasteiger charge is 1.97. The zero-order chi connectivity index (χ0) is 10.8. The molecule has 0 aliphatic rings. The molecular weight excluding hydrogens is 178 g/mol. The van der Waals surface area contributed by atoms with Gasteiger partial charge in [-0.1, -0.05) is 20.8 Å². The van der Waals surface area contributed by atoms with Gasteiger partial charge in [-0.15, -0.1) is 0 Å². The fourth-order valence-corrected chi connectivity index (χ4v) is 0.999. The van der Waals surface area contributed by atoms with E-state index in [1.54, 1.807) is 0 Å². The number of rotatable bonds is 8. The summed E-state index contributed by atoms with van der Waals surface area (Å²) < 4.78 is 5.36. The lowest BCUT2D eigenvalue weighted by atomic mass is 10.1. The van der Waals surface area contributed by atoms with Gasteiger partial charge in [-0.05, 0) is 18.8 Å². The monoisotopic (exact) mass is 201 g/mol. The zero-order valence-corrected chi connectivity index (χ0v) is 9.64. The fourth-order valence-electron chi connectivity index (χ4n) is 0.999. The summed E-state index contributed by atoms with van der Waals surface area (Å²) in [5.74, 6) is 0.810. The molecule has 0 bridgehead atoms. The van der Waals surface area contributed by atoms with Crippen LogP contribution in [0.25, 0.3) is 0 Å². The van der Waals surface area contributed by atoms with E-state index in [2.05, 4.69) is 19.2 Å². The summed E-state index contributed by atoms with van der Waals surface area (Å²) in [7, 11) is 0. The van der Waals surface area contributed by atoms with Crippen LogP contribution in [0, 0.1) is 5.92 Å². The van der Waals surface area contributed by atoms with Crippen LogP contribution in [0.3, 0.4) is 0 Å². The Bertz CT molecular complexity index is 146. The summed E-state index contributed by atoms with van der Waals surface area (Å²) in [6.07, 6.45) is 2.61. The molecule has 0 radical (unpaired) electrons. The summed E-state index contributed by atoms with van der Waals surface area (Å²) in [4.78, 5) is 11.0. The van der Waals surface area contributed by atoms with Gasteiger partial charge in [0.15, 0.2) is 0 Å². The van der Waals surface area contributed by atoms with Crippen molar-refractivity contribution in [1.82, 2.24) is 5.32 Å². The van der Waals surface area contributed by atoms with E-state index in [0.717, 1.165) is 19.4 Å². The van der Waals surface area contributed by atoms with Crippen LogP contribution in [0.5, 0.6) is 0 Å². The molecule has 1 amide bonds. The number of carbonyl (C=O) groups is 1. The second kappa shape index (κ2) is 9.00. The van der Waals surface area contributed by atoms with Gasteiger partial charge in [-0.25, -0.2) is 0 Å². The molecule has 3 nitrogen and oxygen atoms in total. The summed E-state index contributed by atoms with van der Waals surface area (Å²) in [6, 6.07) is 0. The lowest BCUT2D eigenvalue weighted by Crippen LogP contribution is -2.26. The van der Waals surface area contributed by atoms with Crippen molar-refractivity contribution >= 4 is 5.91 Å². The van der Waals surface area contributed by atoms with Crippen molar-refractivity contribution in [2.45, 2.75) is 40.0 Å². The number of amides is 1. The predicted molar refractivity (Wildman–Crippen MR) is 58.2 cm³/mol. The number of nitrogens with one attached hydrogen (secondary N) is 1. The fraction of sp³-hybridized carbons (Fsp3) is 0.909. The molecule has 3 heteroatoms. The lowest BCUT2D eigenvalue weighted by Gasteiger charge is -2.07. The van der Waals surface area contributed by atoms with E-state index in [-0.39, 0.29) is 5.91 Å². The van der Waals surface area contributed by atoms with Gasteiger partial charge in [0.1, 0.15) is 0 Å². The average molecular weight is 201 g/mol. The zero-order valence-electron chi connectivity index (χ0n) is 9.64. The summed E-state index contributed by atoms with van der Waals surface area (Å²) >= 11 is 0. The van der Waals surface area contributed by atoms with Gasteiger partial charge in [0.05, 0.1) is 6.61 Å². The standard InChI is InChI=1S/C11H23NO2/c1-4-5-11(13)12-7-9-14-8-6-10(2)3/h10H,4-9H2,1-3H3,(H,12,13). The number of ether oxygens (including phenoxy) is 1. The van der Waals surface area contributed by atoms with Crippen LogP contribution >= 0.6 is 0 Å². The van der Waals surface area contributed by atoms with Crippen LogP contribution < -0.4 is 5.32 Å². The van der Waals surface area contributed by atoms with E-state index < -0.39 is 0 Å². The first-order chi connectivity index (χ1) is 6.66. The lowest BCUT2D eigenvalue weighted by molar-refractivity contribution is -0.121. The largest absolute Gasteiger partial charge is 0.380 e. The first-order valence-electron chi connectivity index (χ1n) is 5.51. The molecule has 0 unspecified atom stereocenters. The SMILES string of the molecule is CCCC(=O)NCCOCCC(C)C. The topological polar surface area (TPSA) is 38.3 Å². The van der Waals surface area contributed by atoms with Gasteiger partial charge in [0.2, 0.25) is 5.91 Å². The third-order valence-corrected chi connectivity index (χ3v) is 1.89. The molecule has 0 aromatic carbocycles. The molecule has 0 fully saturated rings. The Morgan fingerprint density at radius 2 is 2.07 bits per heavy atom. The Labute approximate surface area is 87.2 Å². The number of carbonyl (C=O) groups excluding carboxylic acids is 1. The van der Waals surface area contributed by atoms with Crippen molar-refractivity contribution in [3.63, 3.8) is 0 Å². The van der Waals surface area contributed by atoms with E-state index in [1.165, 1.54) is 0 Å². The maximum absolute atomic E-state index is 11.0. The van der Waals surface area contributed by atoms with Crippen LogP contribution in [-0.4, -0.2) is 25.7 Å². The minimum Gasteiger partial charge on any atom is -0.380 e. The van der Waals surface area contributed by atoms with Gasteiger partial charge in [0, 0.05) is 19.6 Å². The first kappa shape index (κ1) is 13.4. The molecule has 0 aliphatic heterocycles. The smallest absolute Gasteiger partial charge is 0.220 e. The third-order valence-electron chi connectivity index (χ3n) is 1.89. The molecule has 0 heterocycles. The van der Waals surface area contributed by atoms with Crippen molar-refractivity contribution in [2.24, 2.45) is 5.92 Å². The minimum atomic E-state index is 0.125. The highest BCUT2D eigenvalue weighted by molar-refractivity contribution is 5.75. The van der Waals surface area contributed by atoms with Crippen LogP contribution in [0.2, 0.25) is 0 Å². The van der Waals surface area contributed by atoms with E-state index in [0.29, 0.717) is 25.5 Å². The van der Waals surface area contributed by atoms with Gasteiger partial charge >= 0.3 is 0 Å². The molecule has 0 aromatic heterocycles. The van der Waals surface area contributed by atoms with E-state index in [1.807, 2.05) is 6.92 Å². The Balaban J connectivity index is 3.09. The van der Waals surface area contributed by atoms with Crippen molar-refractivity contribution in [2.75, 3.05) is 19.8 Å². The van der Waals surface area contributed by atoms with Gasteiger partial charge < -0.3 is 10.1 Å². The Morgan fingerprint density at radius 1 is 1.36 bits per heavy atom. The molecule has 0 aliphatic carbocycles. The van der Waals surface area contributed by atoms with Crippen LogP contribution in [0.15, 0.2) is 0 Å². The molecule has 0 saturated carbocycles. The van der Waals surface area contributed by atoms with Crippen molar-refractivity contribution in [3.05, 3.63) is 0 Å². The molecule has 1 N–H and O–H groups in total. The van der Waals surface area contributed by atoms with Crippen molar-refractivity contribution in [1.29, 1.82) is 0 Å². The van der Waals surface area contributed by atoms with Gasteiger partial charge in [-0.3, -0.25) is 4.79 Å². The van der Waals surface area contributed by atoms with Gasteiger partial charge in [0.25, 0.3) is 0 Å². The van der Waals surface area contributed by atoms with Gasteiger partial charge in [-0.2, -0.15) is 0 Å². The molecule has 0 rings (SSSR count). The van der Waals surface area contributed by atoms with Crippen molar-refractivity contribution < 1.29 is 9.53 Å². The molecular formula is C11H23NO2. The van der Waals surface area contributed by atoms with E-state index in [9.17, 15) is 4.79 Å². The minimum absolute atomic E-state index is 0.125. The Hall–Kier alpha value is -0.570. The maximum atomic E-state index is 11.0. The molecule has 0 saturated heterocycles. The Morgan fingerprint density at radius 3 is 2.64 bits per heavy atom. The molecule has 0 atom stereocenters. The van der Waals surface area contributed by atoms with E-state index in [4.69, 9.17) is 4.74 Å². The summed E-state index contributed by atoms with van der Waals surface area (Å²) in [5, 5.41) is 2.81.